The summed E-state index contributed by atoms with van der Waals surface area (Å²) in [4.78, 5) is 29.8. The number of carbonyl (C=O) groups is 1. The van der Waals surface area contributed by atoms with Crippen LogP contribution < -0.4 is 9.64 Å². The van der Waals surface area contributed by atoms with E-state index in [9.17, 15) is 4.79 Å². The minimum absolute atomic E-state index is 0.0240. The van der Waals surface area contributed by atoms with Crippen LogP contribution in [0.2, 0.25) is 0 Å². The van der Waals surface area contributed by atoms with Crippen molar-refractivity contribution in [2.45, 2.75) is 6.92 Å². The van der Waals surface area contributed by atoms with Crippen LogP contribution in [0.15, 0.2) is 49.1 Å². The Hall–Kier alpha value is -3.42. The van der Waals surface area contributed by atoms with Crippen molar-refractivity contribution in [1.29, 1.82) is 0 Å². The number of piperazine rings is 1. The number of nitrogens with zero attached hydrogens (tertiary/aromatic N) is 6. The first-order valence-corrected chi connectivity index (χ1v) is 9.16. The highest BCUT2D eigenvalue weighted by molar-refractivity contribution is 5.94. The fourth-order valence-corrected chi connectivity index (χ4v) is 3.34. The Labute approximate surface area is 163 Å². The maximum absolute atomic E-state index is 12.8. The molecule has 0 unspecified atom stereocenters. The van der Waals surface area contributed by atoms with Crippen molar-refractivity contribution in [3.05, 3.63) is 60.4 Å². The summed E-state index contributed by atoms with van der Waals surface area (Å²) in [6.45, 7) is 4.65. The number of hydrogen-bond acceptors (Lipinski definition) is 6. The number of ether oxygens (including phenoxy) is 1. The van der Waals surface area contributed by atoms with E-state index in [1.807, 2.05) is 46.9 Å². The zero-order valence-corrected chi connectivity index (χ0v) is 15.9. The lowest BCUT2D eigenvalue weighted by Gasteiger charge is -2.35. The summed E-state index contributed by atoms with van der Waals surface area (Å²) >= 11 is 0. The van der Waals surface area contributed by atoms with Gasteiger partial charge in [-0.2, -0.15) is 0 Å². The number of anilines is 1. The molecule has 0 saturated carbocycles. The van der Waals surface area contributed by atoms with E-state index in [1.165, 1.54) is 0 Å². The van der Waals surface area contributed by atoms with Crippen LogP contribution in [0.1, 0.15) is 16.2 Å². The van der Waals surface area contributed by atoms with Gasteiger partial charge in [-0.05, 0) is 25.1 Å². The summed E-state index contributed by atoms with van der Waals surface area (Å²) < 4.78 is 7.14. The molecule has 2 aromatic heterocycles. The topological polar surface area (TPSA) is 76.4 Å². The molecule has 28 heavy (non-hydrogen) atoms. The molecule has 0 radical (unpaired) electrons. The first-order chi connectivity index (χ1) is 13.7. The molecule has 1 amide bonds. The van der Waals surface area contributed by atoms with Gasteiger partial charge in [-0.25, -0.2) is 15.0 Å². The van der Waals surface area contributed by atoms with E-state index >= 15 is 0 Å². The highest BCUT2D eigenvalue weighted by Crippen LogP contribution is 2.19. The van der Waals surface area contributed by atoms with Gasteiger partial charge in [0.25, 0.3) is 5.91 Å². The van der Waals surface area contributed by atoms with E-state index in [-0.39, 0.29) is 5.91 Å². The molecule has 0 spiro atoms. The first kappa shape index (κ1) is 18.0. The Kier molecular flexibility index (Phi) is 4.92. The monoisotopic (exact) mass is 378 g/mol. The van der Waals surface area contributed by atoms with Gasteiger partial charge in [-0.3, -0.25) is 9.36 Å². The molecule has 3 aromatic rings. The number of hydrogen-bond donors (Lipinski definition) is 0. The van der Waals surface area contributed by atoms with Gasteiger partial charge in [-0.15, -0.1) is 0 Å². The zero-order valence-electron chi connectivity index (χ0n) is 15.9. The molecule has 1 aromatic carbocycles. The number of aryl methyl sites for hydroxylation is 1. The number of amides is 1. The van der Waals surface area contributed by atoms with Crippen LogP contribution in [0.5, 0.6) is 5.75 Å². The fraction of sp³-hybridized carbons (Fsp3) is 0.300. The van der Waals surface area contributed by atoms with E-state index in [0.29, 0.717) is 24.4 Å². The Balaban J connectivity index is 1.44. The van der Waals surface area contributed by atoms with Crippen LogP contribution in [0, 0.1) is 6.92 Å². The predicted octanol–water partition coefficient (Wildman–Crippen LogP) is 1.94. The van der Waals surface area contributed by atoms with Crippen molar-refractivity contribution in [3.8, 4) is 11.6 Å². The van der Waals surface area contributed by atoms with Crippen LogP contribution in [0.3, 0.4) is 0 Å². The highest BCUT2D eigenvalue weighted by Gasteiger charge is 2.23. The van der Waals surface area contributed by atoms with Gasteiger partial charge in [0.2, 0.25) is 0 Å². The number of carbonyl (C=O) groups excluding carboxylic acids is 1. The second kappa shape index (κ2) is 7.67. The van der Waals surface area contributed by atoms with Crippen molar-refractivity contribution < 1.29 is 9.53 Å². The van der Waals surface area contributed by atoms with Crippen LogP contribution in [0.25, 0.3) is 5.82 Å². The van der Waals surface area contributed by atoms with E-state index in [0.717, 1.165) is 30.5 Å². The van der Waals surface area contributed by atoms with E-state index < -0.39 is 0 Å². The first-order valence-electron chi connectivity index (χ1n) is 9.16. The van der Waals surface area contributed by atoms with Crippen molar-refractivity contribution in [2.75, 3.05) is 38.2 Å². The third-order valence-electron chi connectivity index (χ3n) is 4.92. The van der Waals surface area contributed by atoms with E-state index in [2.05, 4.69) is 19.9 Å². The minimum Gasteiger partial charge on any atom is -0.497 e. The van der Waals surface area contributed by atoms with Crippen LogP contribution in [0.4, 0.5) is 5.82 Å². The molecule has 1 fully saturated rings. The molecule has 0 atom stereocenters. The van der Waals surface area contributed by atoms with Crippen LogP contribution in [-0.4, -0.2) is 63.6 Å². The maximum Gasteiger partial charge on any atom is 0.254 e. The van der Waals surface area contributed by atoms with Gasteiger partial charge in [0.1, 0.15) is 29.5 Å². The minimum atomic E-state index is 0.0240. The zero-order chi connectivity index (χ0) is 19.5. The van der Waals surface area contributed by atoms with Gasteiger partial charge in [-0.1, -0.05) is 6.07 Å². The molecule has 3 heterocycles. The van der Waals surface area contributed by atoms with Crippen molar-refractivity contribution in [1.82, 2.24) is 24.4 Å². The highest BCUT2D eigenvalue weighted by atomic mass is 16.5. The lowest BCUT2D eigenvalue weighted by atomic mass is 10.1. The molecular formula is C20H22N6O2. The Morgan fingerprint density at radius 1 is 1.04 bits per heavy atom. The summed E-state index contributed by atoms with van der Waals surface area (Å²) in [6, 6.07) is 9.22. The van der Waals surface area contributed by atoms with E-state index in [4.69, 9.17) is 4.74 Å². The van der Waals surface area contributed by atoms with Gasteiger partial charge >= 0.3 is 0 Å². The third kappa shape index (κ3) is 3.53. The van der Waals surface area contributed by atoms with E-state index in [1.54, 1.807) is 25.7 Å². The average Bonchev–Trinajstić information content (AvgIpc) is 3.19. The summed E-state index contributed by atoms with van der Waals surface area (Å²) in [6.07, 6.45) is 5.20. The number of benzene rings is 1. The molecule has 0 bridgehead atoms. The largest absolute Gasteiger partial charge is 0.497 e. The predicted molar refractivity (Wildman–Crippen MR) is 105 cm³/mol. The number of aromatic nitrogens is 4. The summed E-state index contributed by atoms with van der Waals surface area (Å²) in [5.41, 5.74) is 0.646. The second-order valence-electron chi connectivity index (χ2n) is 6.59. The summed E-state index contributed by atoms with van der Waals surface area (Å²) in [7, 11) is 1.60. The molecule has 0 aliphatic carbocycles. The van der Waals surface area contributed by atoms with Crippen molar-refractivity contribution >= 4 is 11.7 Å². The summed E-state index contributed by atoms with van der Waals surface area (Å²) in [5, 5.41) is 0. The molecule has 4 rings (SSSR count). The standard InChI is InChI=1S/C20H22N6O2/c1-15-21-6-7-26(15)19-13-18(22-14-23-19)24-8-10-25(11-9-24)20(27)16-4-3-5-17(12-16)28-2/h3-7,12-14H,8-11H2,1-2H3. The Morgan fingerprint density at radius 3 is 2.54 bits per heavy atom. The van der Waals surface area contributed by atoms with Gasteiger partial charge in [0.15, 0.2) is 0 Å². The Morgan fingerprint density at radius 2 is 1.82 bits per heavy atom. The normalized spacial score (nSPS) is 14.2. The smallest absolute Gasteiger partial charge is 0.254 e. The number of methoxy groups -OCH3 is 1. The van der Waals surface area contributed by atoms with Gasteiger partial charge < -0.3 is 14.5 Å². The average molecular weight is 378 g/mol. The Bertz CT molecular complexity index is 978. The fourth-order valence-electron chi connectivity index (χ4n) is 3.34. The van der Waals surface area contributed by atoms with Crippen LogP contribution >= 0.6 is 0 Å². The number of rotatable bonds is 4. The molecule has 1 aliphatic heterocycles. The van der Waals surface area contributed by atoms with Gasteiger partial charge in [0, 0.05) is 50.2 Å². The third-order valence-corrected chi connectivity index (χ3v) is 4.92. The number of imidazole rings is 1. The molecule has 1 aliphatic rings. The SMILES string of the molecule is COc1cccc(C(=O)N2CCN(c3cc(-n4ccnc4C)ncn3)CC2)c1. The molecule has 144 valence electrons. The van der Waals surface area contributed by atoms with Crippen LogP contribution in [-0.2, 0) is 0 Å². The molecule has 8 nitrogen and oxygen atoms in total. The molecule has 0 N–H and O–H groups in total. The quantitative estimate of drug-likeness (QED) is 0.691. The lowest BCUT2D eigenvalue weighted by molar-refractivity contribution is 0.0746. The second-order valence-corrected chi connectivity index (χ2v) is 6.59. The molecule has 1 saturated heterocycles. The molecule has 8 heteroatoms. The summed E-state index contributed by atoms with van der Waals surface area (Å²) in [5.74, 6) is 3.23. The maximum atomic E-state index is 12.8. The molecular weight excluding hydrogens is 356 g/mol. The van der Waals surface area contributed by atoms with Gasteiger partial charge in [0.05, 0.1) is 7.11 Å². The van der Waals surface area contributed by atoms with Crippen molar-refractivity contribution in [3.63, 3.8) is 0 Å². The van der Waals surface area contributed by atoms with Crippen molar-refractivity contribution in [2.24, 2.45) is 0 Å². The lowest BCUT2D eigenvalue weighted by Crippen LogP contribution is -2.49.